The number of cyclic esters (lactones) is 1. The number of aliphatic hydroxyl groups excluding tert-OH is 1. The van der Waals surface area contributed by atoms with Crippen molar-refractivity contribution in [2.75, 3.05) is 0 Å². The Morgan fingerprint density at radius 2 is 2.14 bits per heavy atom. The minimum absolute atomic E-state index is 0.0752. The minimum Gasteiger partial charge on any atom is -0.461 e. The molecule has 0 aromatic heterocycles. The van der Waals surface area contributed by atoms with Crippen LogP contribution in [0.3, 0.4) is 0 Å². The quantitative estimate of drug-likeness (QED) is 0.702. The molecule has 0 aromatic rings. The molecule has 0 unspecified atom stereocenters. The van der Waals surface area contributed by atoms with E-state index < -0.39 is 6.10 Å². The topological polar surface area (TPSA) is 72.8 Å². The third-order valence-electron chi connectivity index (χ3n) is 6.41. The second-order valence-electron chi connectivity index (χ2n) is 8.44. The summed E-state index contributed by atoms with van der Waals surface area (Å²) in [5.74, 6) is 0.0872. The first-order valence-corrected chi connectivity index (χ1v) is 10.5. The number of hydrogen-bond acceptors (Lipinski definition) is 5. The largest absolute Gasteiger partial charge is 0.461 e. The summed E-state index contributed by atoms with van der Waals surface area (Å²) < 4.78 is 11.3. The van der Waals surface area contributed by atoms with Crippen LogP contribution in [-0.2, 0) is 19.1 Å². The number of esters is 2. The van der Waals surface area contributed by atoms with E-state index in [4.69, 9.17) is 9.47 Å². The van der Waals surface area contributed by atoms with Crippen molar-refractivity contribution in [3.8, 4) is 0 Å². The molecule has 154 valence electrons. The van der Waals surface area contributed by atoms with Gasteiger partial charge in [0.15, 0.2) is 0 Å². The lowest BCUT2D eigenvalue weighted by atomic mass is 9.66. The van der Waals surface area contributed by atoms with E-state index in [1.165, 1.54) is 6.08 Å². The zero-order valence-corrected chi connectivity index (χ0v) is 17.0. The van der Waals surface area contributed by atoms with Crippen molar-refractivity contribution in [3.05, 3.63) is 36.0 Å². The maximum Gasteiger partial charge on any atom is 0.330 e. The lowest BCUT2D eigenvalue weighted by Gasteiger charge is -2.43. The lowest BCUT2D eigenvalue weighted by Crippen LogP contribution is -2.43. The molecular formula is C23H32O5. The molecule has 0 amide bonds. The normalized spacial score (nSPS) is 35.6. The molecule has 1 heterocycles. The van der Waals surface area contributed by atoms with Gasteiger partial charge in [-0.3, -0.25) is 4.79 Å². The Hall–Kier alpha value is -1.88. The summed E-state index contributed by atoms with van der Waals surface area (Å²) in [4.78, 5) is 24.0. The Morgan fingerprint density at radius 1 is 1.36 bits per heavy atom. The summed E-state index contributed by atoms with van der Waals surface area (Å²) >= 11 is 0. The van der Waals surface area contributed by atoms with Crippen molar-refractivity contribution in [1.82, 2.24) is 0 Å². The molecule has 0 fully saturated rings. The van der Waals surface area contributed by atoms with E-state index in [1.54, 1.807) is 0 Å². The zero-order valence-electron chi connectivity index (χ0n) is 17.0. The Balaban J connectivity index is 1.75. The molecule has 3 aliphatic rings. The van der Waals surface area contributed by atoms with Crippen molar-refractivity contribution in [2.24, 2.45) is 23.7 Å². The molecule has 1 N–H and O–H groups in total. The maximum absolute atomic E-state index is 12.4. The van der Waals surface area contributed by atoms with E-state index in [1.807, 2.05) is 26.0 Å². The molecule has 28 heavy (non-hydrogen) atoms. The summed E-state index contributed by atoms with van der Waals surface area (Å²) in [5.41, 5.74) is 1.06. The van der Waals surface area contributed by atoms with Gasteiger partial charge in [0.25, 0.3) is 0 Å². The Kier molecular flexibility index (Phi) is 6.76. The van der Waals surface area contributed by atoms with Crippen LogP contribution in [0.1, 0.15) is 52.9 Å². The first-order chi connectivity index (χ1) is 13.4. The monoisotopic (exact) mass is 388 g/mol. The first kappa shape index (κ1) is 20.8. The maximum atomic E-state index is 12.4. The summed E-state index contributed by atoms with van der Waals surface area (Å²) in [7, 11) is 0. The Bertz CT molecular complexity index is 676. The van der Waals surface area contributed by atoms with Gasteiger partial charge in [-0.05, 0) is 36.7 Å². The van der Waals surface area contributed by atoms with E-state index in [2.05, 4.69) is 19.1 Å². The van der Waals surface area contributed by atoms with E-state index in [0.29, 0.717) is 12.3 Å². The number of rotatable bonds is 6. The van der Waals surface area contributed by atoms with Crippen LogP contribution in [0.5, 0.6) is 0 Å². The third kappa shape index (κ3) is 4.75. The molecule has 0 aromatic carbocycles. The van der Waals surface area contributed by atoms with Crippen LogP contribution < -0.4 is 0 Å². The van der Waals surface area contributed by atoms with Crippen molar-refractivity contribution in [1.29, 1.82) is 0 Å². The molecule has 0 spiro atoms. The van der Waals surface area contributed by atoms with Gasteiger partial charge in [-0.25, -0.2) is 4.79 Å². The van der Waals surface area contributed by atoms with Crippen LogP contribution in [-0.4, -0.2) is 35.4 Å². The van der Waals surface area contributed by atoms with Crippen LogP contribution in [0, 0.1) is 23.7 Å². The number of fused-ring (bicyclic) bond motifs is 1. The fourth-order valence-electron chi connectivity index (χ4n) is 4.54. The highest BCUT2D eigenvalue weighted by Gasteiger charge is 2.42. The van der Waals surface area contributed by atoms with Crippen LogP contribution >= 0.6 is 0 Å². The minimum atomic E-state index is -0.593. The molecule has 0 radical (unpaired) electrons. The summed E-state index contributed by atoms with van der Waals surface area (Å²) in [6.45, 7) is 6.04. The molecule has 1 aliphatic heterocycles. The predicted molar refractivity (Wildman–Crippen MR) is 106 cm³/mol. The Labute approximate surface area is 167 Å². The molecule has 0 bridgehead atoms. The van der Waals surface area contributed by atoms with Crippen LogP contribution in [0.15, 0.2) is 36.0 Å². The molecular weight excluding hydrogens is 356 g/mol. The third-order valence-corrected chi connectivity index (χ3v) is 6.41. The summed E-state index contributed by atoms with van der Waals surface area (Å²) in [6.07, 6.45) is 12.1. The van der Waals surface area contributed by atoms with Crippen LogP contribution in [0.4, 0.5) is 0 Å². The van der Waals surface area contributed by atoms with Gasteiger partial charge in [0.2, 0.25) is 0 Å². The molecule has 0 saturated carbocycles. The standard InChI is InChI=1S/C23H32O5/c1-4-14(2)23(26)28-20-13-17(24)12-16-9-8-15(3)19(22(16)20)11-10-18-6-5-7-21(25)27-18/h5,7-9,12,14-15,17-20,22,24H,4,6,10-11,13H2,1-3H3/t14-,15-,17+,18-,19-,20-,22-/m0/s1. The van der Waals surface area contributed by atoms with Crippen molar-refractivity contribution in [2.45, 2.75) is 71.2 Å². The molecule has 0 saturated heterocycles. The highest BCUT2D eigenvalue weighted by Crippen LogP contribution is 2.44. The zero-order chi connectivity index (χ0) is 20.3. The van der Waals surface area contributed by atoms with Crippen molar-refractivity contribution >= 4 is 11.9 Å². The number of hydrogen-bond donors (Lipinski definition) is 1. The van der Waals surface area contributed by atoms with Gasteiger partial charge in [-0.1, -0.05) is 45.1 Å². The number of aliphatic hydroxyl groups is 1. The molecule has 5 nitrogen and oxygen atoms in total. The molecule has 5 heteroatoms. The van der Waals surface area contributed by atoms with Gasteiger partial charge in [-0.15, -0.1) is 0 Å². The smallest absolute Gasteiger partial charge is 0.330 e. The van der Waals surface area contributed by atoms with Gasteiger partial charge in [0.05, 0.1) is 12.0 Å². The van der Waals surface area contributed by atoms with E-state index in [-0.39, 0.29) is 41.9 Å². The van der Waals surface area contributed by atoms with E-state index >= 15 is 0 Å². The van der Waals surface area contributed by atoms with Gasteiger partial charge >= 0.3 is 11.9 Å². The number of allylic oxidation sites excluding steroid dienone is 2. The first-order valence-electron chi connectivity index (χ1n) is 10.5. The van der Waals surface area contributed by atoms with Gasteiger partial charge < -0.3 is 14.6 Å². The highest BCUT2D eigenvalue weighted by atomic mass is 16.5. The highest BCUT2D eigenvalue weighted by molar-refractivity contribution is 5.82. The lowest BCUT2D eigenvalue weighted by molar-refractivity contribution is -0.159. The van der Waals surface area contributed by atoms with E-state index in [9.17, 15) is 14.7 Å². The van der Waals surface area contributed by atoms with Gasteiger partial charge in [-0.2, -0.15) is 0 Å². The van der Waals surface area contributed by atoms with Crippen molar-refractivity contribution < 1.29 is 24.2 Å². The summed E-state index contributed by atoms with van der Waals surface area (Å²) in [5, 5.41) is 10.3. The SMILES string of the molecule is CC[C@H](C)C(=O)O[C@H]1C[C@H](O)C=C2C=C[C@H](C)[C@H](CC[C@@H]3CC=CC(=O)O3)[C@H]21. The molecule has 7 atom stereocenters. The average Bonchev–Trinajstić information content (AvgIpc) is 2.66. The number of carbonyl (C=O) groups is 2. The number of ether oxygens (including phenoxy) is 2. The average molecular weight is 389 g/mol. The van der Waals surface area contributed by atoms with Gasteiger partial charge in [0.1, 0.15) is 12.2 Å². The molecule has 3 rings (SSSR count). The van der Waals surface area contributed by atoms with Crippen LogP contribution in [0.25, 0.3) is 0 Å². The fraction of sp³-hybridized carbons (Fsp3) is 0.652. The second-order valence-corrected chi connectivity index (χ2v) is 8.44. The van der Waals surface area contributed by atoms with Gasteiger partial charge in [0, 0.05) is 24.8 Å². The predicted octanol–water partition coefficient (Wildman–Crippen LogP) is 3.73. The number of carbonyl (C=O) groups excluding carboxylic acids is 2. The molecule has 2 aliphatic carbocycles. The van der Waals surface area contributed by atoms with Crippen molar-refractivity contribution in [3.63, 3.8) is 0 Å². The fourth-order valence-corrected chi connectivity index (χ4v) is 4.54. The van der Waals surface area contributed by atoms with E-state index in [0.717, 1.165) is 31.3 Å². The Morgan fingerprint density at radius 3 is 2.86 bits per heavy atom. The second kappa shape index (κ2) is 9.08. The summed E-state index contributed by atoms with van der Waals surface area (Å²) in [6, 6.07) is 0. The van der Waals surface area contributed by atoms with Crippen LogP contribution in [0.2, 0.25) is 0 Å².